The Morgan fingerprint density at radius 2 is 2.08 bits per heavy atom. The minimum Gasteiger partial charge on any atom is -0.497 e. The summed E-state index contributed by atoms with van der Waals surface area (Å²) in [6.45, 7) is 6.28. The van der Waals surface area contributed by atoms with E-state index in [1.54, 1.807) is 14.0 Å². The van der Waals surface area contributed by atoms with Crippen molar-refractivity contribution in [1.82, 2.24) is 15.3 Å². The standard InChI is InChI=1S/C19H26N4O2/c1-13-17-5-4-16(25-3)12-18(17)22-19(21-13)23-10-7-15(8-11-23)6-9-20-14(2)24/h4-5,12,15H,6-11H2,1-3H3,(H,20,24). The van der Waals surface area contributed by atoms with Crippen LogP contribution >= 0.6 is 0 Å². The number of carbonyl (C=O) groups excluding carboxylic acids is 1. The topological polar surface area (TPSA) is 67.3 Å². The van der Waals surface area contributed by atoms with Crippen LogP contribution in [0.2, 0.25) is 0 Å². The fraction of sp³-hybridized carbons (Fsp3) is 0.526. The molecule has 134 valence electrons. The Balaban J connectivity index is 1.67. The zero-order valence-corrected chi connectivity index (χ0v) is 15.2. The molecule has 1 saturated heterocycles. The molecule has 0 radical (unpaired) electrons. The number of nitrogens with zero attached hydrogens (tertiary/aromatic N) is 3. The zero-order valence-electron chi connectivity index (χ0n) is 15.2. The predicted molar refractivity (Wildman–Crippen MR) is 99.1 cm³/mol. The summed E-state index contributed by atoms with van der Waals surface area (Å²) in [4.78, 5) is 22.7. The Hall–Kier alpha value is -2.37. The minimum atomic E-state index is 0.0490. The molecule has 2 aromatic rings. The van der Waals surface area contributed by atoms with Gasteiger partial charge in [-0.15, -0.1) is 0 Å². The third kappa shape index (κ3) is 4.18. The maximum Gasteiger partial charge on any atom is 0.226 e. The molecular formula is C19H26N4O2. The summed E-state index contributed by atoms with van der Waals surface area (Å²) in [6.07, 6.45) is 3.26. The van der Waals surface area contributed by atoms with Gasteiger partial charge >= 0.3 is 0 Å². The normalized spacial score (nSPS) is 15.4. The lowest BCUT2D eigenvalue weighted by Gasteiger charge is -2.32. The van der Waals surface area contributed by atoms with Crippen molar-refractivity contribution in [1.29, 1.82) is 0 Å². The lowest BCUT2D eigenvalue weighted by molar-refractivity contribution is -0.119. The Labute approximate surface area is 148 Å². The van der Waals surface area contributed by atoms with Crippen molar-refractivity contribution < 1.29 is 9.53 Å². The molecular weight excluding hydrogens is 316 g/mol. The van der Waals surface area contributed by atoms with Crippen molar-refractivity contribution in [2.75, 3.05) is 31.6 Å². The number of carbonyl (C=O) groups is 1. The quantitative estimate of drug-likeness (QED) is 0.905. The average Bonchev–Trinajstić information content (AvgIpc) is 2.61. The monoisotopic (exact) mass is 342 g/mol. The highest BCUT2D eigenvalue weighted by Gasteiger charge is 2.21. The van der Waals surface area contributed by atoms with E-state index >= 15 is 0 Å². The number of nitrogens with one attached hydrogen (secondary N) is 1. The van der Waals surface area contributed by atoms with E-state index in [0.717, 1.165) is 67.2 Å². The van der Waals surface area contributed by atoms with E-state index in [0.29, 0.717) is 5.92 Å². The van der Waals surface area contributed by atoms with Crippen molar-refractivity contribution in [2.24, 2.45) is 5.92 Å². The molecule has 1 fully saturated rings. The van der Waals surface area contributed by atoms with Gasteiger partial charge in [0.2, 0.25) is 11.9 Å². The van der Waals surface area contributed by atoms with E-state index in [9.17, 15) is 4.79 Å². The number of hydrogen-bond donors (Lipinski definition) is 1. The van der Waals surface area contributed by atoms with Gasteiger partial charge in [-0.2, -0.15) is 0 Å². The summed E-state index contributed by atoms with van der Waals surface area (Å²) in [7, 11) is 1.67. The van der Waals surface area contributed by atoms with Crippen LogP contribution in [0.3, 0.4) is 0 Å². The second kappa shape index (κ2) is 7.68. The van der Waals surface area contributed by atoms with Crippen LogP contribution in [0, 0.1) is 12.8 Å². The van der Waals surface area contributed by atoms with Crippen LogP contribution in [0.4, 0.5) is 5.95 Å². The second-order valence-electron chi connectivity index (χ2n) is 6.69. The van der Waals surface area contributed by atoms with Crippen LogP contribution in [-0.4, -0.2) is 42.6 Å². The van der Waals surface area contributed by atoms with Crippen molar-refractivity contribution >= 4 is 22.8 Å². The van der Waals surface area contributed by atoms with Gasteiger partial charge in [0, 0.05) is 38.0 Å². The maximum atomic E-state index is 11.0. The van der Waals surface area contributed by atoms with Gasteiger partial charge < -0.3 is 15.0 Å². The molecule has 1 aromatic carbocycles. The number of ether oxygens (including phenoxy) is 1. The molecule has 0 spiro atoms. The number of hydrogen-bond acceptors (Lipinski definition) is 5. The minimum absolute atomic E-state index is 0.0490. The summed E-state index contributed by atoms with van der Waals surface area (Å²) < 4.78 is 5.31. The summed E-state index contributed by atoms with van der Waals surface area (Å²) in [5.41, 5.74) is 1.92. The maximum absolute atomic E-state index is 11.0. The van der Waals surface area contributed by atoms with E-state index in [4.69, 9.17) is 14.7 Å². The molecule has 0 aliphatic carbocycles. The lowest BCUT2D eigenvalue weighted by Crippen LogP contribution is -2.36. The molecule has 25 heavy (non-hydrogen) atoms. The van der Waals surface area contributed by atoms with Gasteiger partial charge in [0.05, 0.1) is 18.3 Å². The highest BCUT2D eigenvalue weighted by molar-refractivity contribution is 5.83. The first-order valence-electron chi connectivity index (χ1n) is 8.88. The average molecular weight is 342 g/mol. The third-order valence-corrected chi connectivity index (χ3v) is 4.91. The van der Waals surface area contributed by atoms with E-state index in [1.165, 1.54) is 0 Å². The fourth-order valence-corrected chi connectivity index (χ4v) is 3.40. The largest absolute Gasteiger partial charge is 0.497 e. The van der Waals surface area contributed by atoms with Gasteiger partial charge in [0.1, 0.15) is 5.75 Å². The Morgan fingerprint density at radius 1 is 1.32 bits per heavy atom. The van der Waals surface area contributed by atoms with E-state index in [2.05, 4.69) is 10.2 Å². The van der Waals surface area contributed by atoms with Crippen LogP contribution in [0.15, 0.2) is 18.2 Å². The first-order valence-corrected chi connectivity index (χ1v) is 8.88. The highest BCUT2D eigenvalue weighted by Crippen LogP contribution is 2.27. The lowest BCUT2D eigenvalue weighted by atomic mass is 9.94. The van der Waals surface area contributed by atoms with Gasteiger partial charge in [0.15, 0.2) is 0 Å². The Bertz CT molecular complexity index is 754. The van der Waals surface area contributed by atoms with Gasteiger partial charge in [-0.1, -0.05) is 0 Å². The van der Waals surface area contributed by atoms with E-state index in [1.807, 2.05) is 25.1 Å². The molecule has 1 aliphatic rings. The summed E-state index contributed by atoms with van der Waals surface area (Å²) in [5, 5.41) is 3.95. The first kappa shape index (κ1) is 17.5. The molecule has 6 heteroatoms. The molecule has 0 saturated carbocycles. The van der Waals surface area contributed by atoms with Gasteiger partial charge in [-0.3, -0.25) is 4.79 Å². The molecule has 2 heterocycles. The predicted octanol–water partition coefficient (Wildman–Crippen LogP) is 2.69. The van der Waals surface area contributed by atoms with E-state index in [-0.39, 0.29) is 5.91 Å². The van der Waals surface area contributed by atoms with Crippen LogP contribution in [0.1, 0.15) is 31.9 Å². The smallest absolute Gasteiger partial charge is 0.226 e. The number of piperidine rings is 1. The van der Waals surface area contributed by atoms with Crippen LogP contribution in [0.25, 0.3) is 10.9 Å². The third-order valence-electron chi connectivity index (χ3n) is 4.91. The number of anilines is 1. The van der Waals surface area contributed by atoms with E-state index < -0.39 is 0 Å². The van der Waals surface area contributed by atoms with Crippen LogP contribution in [0.5, 0.6) is 5.75 Å². The zero-order chi connectivity index (χ0) is 17.8. The summed E-state index contributed by atoms with van der Waals surface area (Å²) >= 11 is 0. The number of amides is 1. The van der Waals surface area contributed by atoms with Gasteiger partial charge in [-0.05, 0) is 44.2 Å². The number of methoxy groups -OCH3 is 1. The highest BCUT2D eigenvalue weighted by atomic mass is 16.5. The number of benzene rings is 1. The number of aromatic nitrogens is 2. The van der Waals surface area contributed by atoms with Crippen LogP contribution in [-0.2, 0) is 4.79 Å². The number of rotatable bonds is 5. The molecule has 0 unspecified atom stereocenters. The fourth-order valence-electron chi connectivity index (χ4n) is 3.40. The molecule has 1 N–H and O–H groups in total. The number of fused-ring (bicyclic) bond motifs is 1. The molecule has 0 bridgehead atoms. The van der Waals surface area contributed by atoms with Gasteiger partial charge in [0.25, 0.3) is 0 Å². The van der Waals surface area contributed by atoms with Crippen molar-refractivity contribution in [3.8, 4) is 5.75 Å². The van der Waals surface area contributed by atoms with Crippen molar-refractivity contribution in [3.63, 3.8) is 0 Å². The van der Waals surface area contributed by atoms with Crippen molar-refractivity contribution in [3.05, 3.63) is 23.9 Å². The van der Waals surface area contributed by atoms with Crippen molar-refractivity contribution in [2.45, 2.75) is 33.1 Å². The molecule has 0 atom stereocenters. The Kier molecular flexibility index (Phi) is 5.36. The van der Waals surface area contributed by atoms with Gasteiger partial charge in [-0.25, -0.2) is 9.97 Å². The number of aryl methyl sites for hydroxylation is 1. The van der Waals surface area contributed by atoms with Crippen LogP contribution < -0.4 is 15.0 Å². The molecule has 6 nitrogen and oxygen atoms in total. The molecule has 1 aromatic heterocycles. The second-order valence-corrected chi connectivity index (χ2v) is 6.69. The SMILES string of the molecule is COc1ccc2c(C)nc(N3CCC(CCNC(C)=O)CC3)nc2c1. The molecule has 3 rings (SSSR count). The summed E-state index contributed by atoms with van der Waals surface area (Å²) in [6, 6.07) is 5.92. The first-order chi connectivity index (χ1) is 12.1. The molecule has 1 aliphatic heterocycles. The Morgan fingerprint density at radius 3 is 2.76 bits per heavy atom. The summed E-state index contributed by atoms with van der Waals surface area (Å²) in [5.74, 6) is 2.32. The molecule has 1 amide bonds.